The van der Waals surface area contributed by atoms with Crippen molar-refractivity contribution in [1.29, 1.82) is 0 Å². The zero-order chi connectivity index (χ0) is 19.1. The van der Waals surface area contributed by atoms with Crippen molar-refractivity contribution in [2.24, 2.45) is 5.73 Å². The maximum Gasteiger partial charge on any atom is 0.207 e. The van der Waals surface area contributed by atoms with Gasteiger partial charge < -0.3 is 15.2 Å². The minimum Gasteiger partial charge on any atom is -0.340 e. The molecule has 1 aliphatic rings. The van der Waals surface area contributed by atoms with Crippen molar-refractivity contribution in [3.63, 3.8) is 0 Å². The molecule has 2 atom stereocenters. The molecule has 1 fully saturated rings. The van der Waals surface area contributed by atoms with E-state index in [0.29, 0.717) is 28.9 Å². The number of piperidine rings is 1. The molecular weight excluding hydrogens is 381 g/mol. The molecule has 142 valence electrons. The quantitative estimate of drug-likeness (QED) is 0.737. The maximum absolute atomic E-state index is 13.8. The highest BCUT2D eigenvalue weighted by molar-refractivity contribution is 6.30. The molecule has 0 spiro atoms. The highest BCUT2D eigenvalue weighted by Crippen LogP contribution is 2.28. The molecule has 0 aliphatic carbocycles. The minimum atomic E-state index is -1.09. The summed E-state index contributed by atoms with van der Waals surface area (Å²) in [6.07, 6.45) is 2.07. The molecule has 2 aromatic heterocycles. The Kier molecular flexibility index (Phi) is 4.65. The molecule has 3 aromatic rings. The smallest absolute Gasteiger partial charge is 0.207 e. The highest BCUT2D eigenvalue weighted by atomic mass is 35.5. The molecule has 4 rings (SSSR count). The van der Waals surface area contributed by atoms with E-state index in [1.165, 1.54) is 12.4 Å². The normalized spacial score (nSPS) is 20.4. The van der Waals surface area contributed by atoms with Crippen LogP contribution in [0.1, 0.15) is 12.2 Å². The largest absolute Gasteiger partial charge is 0.340 e. The van der Waals surface area contributed by atoms with Gasteiger partial charge in [0.2, 0.25) is 5.95 Å². The van der Waals surface area contributed by atoms with E-state index >= 15 is 0 Å². The van der Waals surface area contributed by atoms with E-state index in [1.807, 2.05) is 4.90 Å². The highest BCUT2D eigenvalue weighted by Gasteiger charge is 2.29. The lowest BCUT2D eigenvalue weighted by atomic mass is 10.1. The Morgan fingerprint density at radius 2 is 1.89 bits per heavy atom. The first-order valence-corrected chi connectivity index (χ1v) is 8.76. The average molecular weight is 397 g/mol. The van der Waals surface area contributed by atoms with Crippen LogP contribution < -0.4 is 10.6 Å². The Hall–Kier alpha value is -2.39. The second-order valence-corrected chi connectivity index (χ2v) is 6.92. The molecule has 3 heterocycles. The van der Waals surface area contributed by atoms with Crippen LogP contribution in [0.15, 0.2) is 24.5 Å². The molecule has 0 bridgehead atoms. The SMILES string of the molecule is NC1CN(c2nc3cc(F)c(F)cc3n2Cc2ncc(Cl)cn2)CCC1F. The Bertz CT molecular complexity index is 977. The molecule has 1 aromatic carbocycles. The molecule has 27 heavy (non-hydrogen) atoms. The number of anilines is 1. The van der Waals surface area contributed by atoms with Gasteiger partial charge in [-0.05, 0) is 6.42 Å². The van der Waals surface area contributed by atoms with Gasteiger partial charge in [0.25, 0.3) is 0 Å². The summed E-state index contributed by atoms with van der Waals surface area (Å²) in [5.74, 6) is -1.10. The van der Waals surface area contributed by atoms with Gasteiger partial charge in [0.05, 0.1) is 28.6 Å². The first-order valence-electron chi connectivity index (χ1n) is 8.38. The Morgan fingerprint density at radius 1 is 1.19 bits per heavy atom. The van der Waals surface area contributed by atoms with Crippen LogP contribution in [0, 0.1) is 11.6 Å². The molecule has 2 unspecified atom stereocenters. The first kappa shape index (κ1) is 18.0. The van der Waals surface area contributed by atoms with Crippen molar-refractivity contribution < 1.29 is 13.2 Å². The number of alkyl halides is 1. The van der Waals surface area contributed by atoms with Crippen LogP contribution in [-0.4, -0.2) is 44.8 Å². The lowest BCUT2D eigenvalue weighted by Crippen LogP contribution is -2.50. The Morgan fingerprint density at radius 3 is 2.59 bits per heavy atom. The monoisotopic (exact) mass is 396 g/mol. The average Bonchev–Trinajstić information content (AvgIpc) is 2.97. The summed E-state index contributed by atoms with van der Waals surface area (Å²) in [6.45, 7) is 0.806. The summed E-state index contributed by atoms with van der Waals surface area (Å²) < 4.78 is 42.9. The Labute approximate surface area is 157 Å². The van der Waals surface area contributed by atoms with Gasteiger partial charge in [-0.25, -0.2) is 28.1 Å². The van der Waals surface area contributed by atoms with E-state index in [0.717, 1.165) is 12.1 Å². The molecule has 1 aliphatic heterocycles. The van der Waals surface area contributed by atoms with Crippen LogP contribution in [-0.2, 0) is 6.54 Å². The molecule has 0 amide bonds. The minimum absolute atomic E-state index is 0.166. The van der Waals surface area contributed by atoms with E-state index < -0.39 is 23.8 Å². The van der Waals surface area contributed by atoms with Crippen molar-refractivity contribution in [2.45, 2.75) is 25.2 Å². The van der Waals surface area contributed by atoms with Gasteiger partial charge in [-0.3, -0.25) is 0 Å². The van der Waals surface area contributed by atoms with E-state index in [-0.39, 0.29) is 25.0 Å². The van der Waals surface area contributed by atoms with Crippen molar-refractivity contribution in [3.8, 4) is 0 Å². The van der Waals surface area contributed by atoms with E-state index in [9.17, 15) is 13.2 Å². The lowest BCUT2D eigenvalue weighted by molar-refractivity contribution is 0.243. The fourth-order valence-corrected chi connectivity index (χ4v) is 3.30. The summed E-state index contributed by atoms with van der Waals surface area (Å²) in [7, 11) is 0. The van der Waals surface area contributed by atoms with Crippen molar-refractivity contribution in [3.05, 3.63) is 47.0 Å². The van der Waals surface area contributed by atoms with Crippen molar-refractivity contribution in [2.75, 3.05) is 18.0 Å². The number of imidazole rings is 1. The second-order valence-electron chi connectivity index (χ2n) is 6.49. The number of halogens is 4. The number of rotatable bonds is 3. The molecule has 0 saturated carbocycles. The van der Waals surface area contributed by atoms with Gasteiger partial charge in [0.15, 0.2) is 11.6 Å². The van der Waals surface area contributed by atoms with Gasteiger partial charge in [-0.1, -0.05) is 11.6 Å². The number of nitrogens with zero attached hydrogens (tertiary/aromatic N) is 5. The van der Waals surface area contributed by atoms with Crippen molar-refractivity contribution in [1.82, 2.24) is 19.5 Å². The molecule has 6 nitrogen and oxygen atoms in total. The first-order chi connectivity index (χ1) is 12.9. The zero-order valence-electron chi connectivity index (χ0n) is 14.1. The van der Waals surface area contributed by atoms with Gasteiger partial charge in [0, 0.05) is 37.6 Å². The standard InChI is InChI=1S/C17H16ClF3N6/c18-9-5-23-16(24-6-9)8-27-15-4-12(21)11(20)3-14(15)25-17(27)26-2-1-10(19)13(22)7-26/h3-6,10,13H,1-2,7-8,22H2. The predicted molar refractivity (Wildman–Crippen MR) is 95.5 cm³/mol. The summed E-state index contributed by atoms with van der Waals surface area (Å²) >= 11 is 5.82. The zero-order valence-corrected chi connectivity index (χ0v) is 14.9. The van der Waals surface area contributed by atoms with Crippen LogP contribution in [0.25, 0.3) is 11.0 Å². The fourth-order valence-electron chi connectivity index (χ4n) is 3.20. The van der Waals surface area contributed by atoms with E-state index in [1.54, 1.807) is 4.57 Å². The van der Waals surface area contributed by atoms with Crippen LogP contribution in [0.3, 0.4) is 0 Å². The van der Waals surface area contributed by atoms with Gasteiger partial charge >= 0.3 is 0 Å². The number of benzene rings is 1. The number of aromatic nitrogens is 4. The molecule has 2 N–H and O–H groups in total. The molecule has 10 heteroatoms. The molecule has 0 radical (unpaired) electrons. The Balaban J connectivity index is 1.80. The number of nitrogens with two attached hydrogens (primary N) is 1. The van der Waals surface area contributed by atoms with E-state index in [4.69, 9.17) is 17.3 Å². The third-order valence-corrected chi connectivity index (χ3v) is 4.79. The summed E-state index contributed by atoms with van der Waals surface area (Å²) in [5, 5.41) is 0.388. The molecular formula is C17H16ClF3N6. The third-order valence-electron chi connectivity index (χ3n) is 4.60. The number of fused-ring (bicyclic) bond motifs is 1. The van der Waals surface area contributed by atoms with Gasteiger partial charge in [0.1, 0.15) is 12.0 Å². The lowest BCUT2D eigenvalue weighted by Gasteiger charge is -2.34. The van der Waals surface area contributed by atoms with Crippen LogP contribution >= 0.6 is 11.6 Å². The summed E-state index contributed by atoms with van der Waals surface area (Å²) in [4.78, 5) is 14.5. The predicted octanol–water partition coefficient (Wildman–Crippen LogP) is 2.68. The van der Waals surface area contributed by atoms with Crippen LogP contribution in [0.2, 0.25) is 5.02 Å². The topological polar surface area (TPSA) is 72.9 Å². The fraction of sp³-hybridized carbons (Fsp3) is 0.353. The van der Waals surface area contributed by atoms with Crippen LogP contribution in [0.5, 0.6) is 0 Å². The number of hydrogen-bond donors (Lipinski definition) is 1. The third kappa shape index (κ3) is 3.44. The van der Waals surface area contributed by atoms with Crippen LogP contribution in [0.4, 0.5) is 19.1 Å². The molecule has 1 saturated heterocycles. The van der Waals surface area contributed by atoms with E-state index in [2.05, 4.69) is 15.0 Å². The van der Waals surface area contributed by atoms with Crippen molar-refractivity contribution >= 4 is 28.6 Å². The number of hydrogen-bond acceptors (Lipinski definition) is 5. The summed E-state index contributed by atoms with van der Waals surface area (Å²) in [6, 6.07) is 1.46. The van der Waals surface area contributed by atoms with Gasteiger partial charge in [-0.15, -0.1) is 0 Å². The maximum atomic E-state index is 13.8. The summed E-state index contributed by atoms with van der Waals surface area (Å²) in [5.41, 5.74) is 6.53. The second kappa shape index (κ2) is 6.97. The van der Waals surface area contributed by atoms with Gasteiger partial charge in [-0.2, -0.15) is 0 Å².